The van der Waals surface area contributed by atoms with E-state index >= 15 is 0 Å². The number of primary amides is 1. The summed E-state index contributed by atoms with van der Waals surface area (Å²) in [6.07, 6.45) is 1.71. The normalized spacial score (nSPS) is 12.4. The van der Waals surface area contributed by atoms with Gasteiger partial charge in [-0.1, -0.05) is 62.7 Å². The van der Waals surface area contributed by atoms with Gasteiger partial charge < -0.3 is 36.5 Å². The number of ether oxygens (including phenoxy) is 2. The molecule has 0 heterocycles. The van der Waals surface area contributed by atoms with Gasteiger partial charge in [0.2, 0.25) is 17.7 Å². The predicted molar refractivity (Wildman–Crippen MR) is 187 cm³/mol. The van der Waals surface area contributed by atoms with Crippen molar-refractivity contribution in [3.05, 3.63) is 90.0 Å². The van der Waals surface area contributed by atoms with E-state index in [0.29, 0.717) is 35.7 Å². The summed E-state index contributed by atoms with van der Waals surface area (Å²) in [4.78, 5) is 63.2. The van der Waals surface area contributed by atoms with Gasteiger partial charge in [0.25, 0.3) is 0 Å². The van der Waals surface area contributed by atoms with Gasteiger partial charge in [0.1, 0.15) is 24.4 Å². The summed E-state index contributed by atoms with van der Waals surface area (Å²) in [5.74, 6) is -0.681. The molecule has 8 N–H and O–H groups in total. The number of benzene rings is 3. The molecular weight excluding hydrogens is 644 g/mol. The number of hydrogen-bond donors (Lipinski definition) is 7. The van der Waals surface area contributed by atoms with Crippen LogP contribution in [-0.4, -0.2) is 53.7 Å². The van der Waals surface area contributed by atoms with E-state index in [1.54, 1.807) is 24.3 Å². The summed E-state index contributed by atoms with van der Waals surface area (Å²) < 4.78 is 10.3. The molecule has 0 saturated carbocycles. The van der Waals surface area contributed by atoms with Crippen molar-refractivity contribution in [1.29, 1.82) is 0 Å². The van der Waals surface area contributed by atoms with E-state index in [4.69, 9.17) is 20.4 Å². The highest BCUT2D eigenvalue weighted by Gasteiger charge is 2.27. The molecule has 0 aromatic heterocycles. The van der Waals surface area contributed by atoms with E-state index in [2.05, 4.69) is 35.1 Å². The van der Waals surface area contributed by atoms with Crippen molar-refractivity contribution in [3.63, 3.8) is 0 Å². The lowest BCUT2D eigenvalue weighted by atomic mass is 10.0. The van der Waals surface area contributed by atoms with Crippen molar-refractivity contribution in [1.82, 2.24) is 16.0 Å². The molecule has 14 heteroatoms. The molecule has 0 aliphatic heterocycles. The lowest BCUT2D eigenvalue weighted by Crippen LogP contribution is -2.53. The monoisotopic (exact) mass is 690 g/mol. The van der Waals surface area contributed by atoms with Crippen LogP contribution in [0.3, 0.4) is 0 Å². The molecule has 0 radical (unpaired) electrons. The van der Waals surface area contributed by atoms with Crippen molar-refractivity contribution in [2.75, 3.05) is 17.3 Å². The second-order valence-corrected chi connectivity index (χ2v) is 11.8. The van der Waals surface area contributed by atoms with Gasteiger partial charge in [-0.15, -0.1) is 0 Å². The summed E-state index contributed by atoms with van der Waals surface area (Å²) in [6, 6.07) is 19.2. The topological polar surface area (TPSA) is 210 Å². The minimum atomic E-state index is -1.01. The quantitative estimate of drug-likeness (QED) is 0.0404. The van der Waals surface area contributed by atoms with Crippen LogP contribution in [0.1, 0.15) is 57.1 Å². The Bertz CT molecular complexity index is 1540. The van der Waals surface area contributed by atoms with Gasteiger partial charge in [0.15, 0.2) is 0 Å². The molecule has 3 aromatic rings. The zero-order valence-corrected chi connectivity index (χ0v) is 28.3. The molecule has 3 unspecified atom stereocenters. The summed E-state index contributed by atoms with van der Waals surface area (Å²) >= 11 is 0. The number of nitrogens with one attached hydrogen (secondary N) is 5. The first-order valence-electron chi connectivity index (χ1n) is 16.5. The Kier molecular flexibility index (Phi) is 16.0. The minimum Gasteiger partial charge on any atom is -0.429 e. The highest BCUT2D eigenvalue weighted by Crippen LogP contribution is 2.17. The smallest absolute Gasteiger partial charge is 0.429 e. The maximum atomic E-state index is 13.6. The maximum Gasteiger partial charge on any atom is 0.514 e. The van der Waals surface area contributed by atoms with Crippen LogP contribution in [0, 0.1) is 5.92 Å². The Labute approximate surface area is 291 Å². The highest BCUT2D eigenvalue weighted by molar-refractivity contribution is 5.98. The van der Waals surface area contributed by atoms with E-state index < -0.39 is 36.1 Å². The SMILES string of the molecule is CCC(C)CCC(=O)NC(Cc1ccccc1)C(=O)NC(CCCNC(N)=O)C(=O)Nc1ccc(COC(=O)Oc2ccc(NO)cc2)cc1. The molecule has 14 nitrogen and oxygen atoms in total. The molecule has 3 rings (SSSR count). The number of carbonyl (C=O) groups excluding carboxylic acids is 5. The van der Waals surface area contributed by atoms with Gasteiger partial charge in [-0.2, -0.15) is 0 Å². The molecule has 3 atom stereocenters. The van der Waals surface area contributed by atoms with Crippen molar-refractivity contribution in [3.8, 4) is 5.75 Å². The number of rotatable bonds is 19. The van der Waals surface area contributed by atoms with Gasteiger partial charge in [-0.05, 0) is 72.7 Å². The fourth-order valence-electron chi connectivity index (χ4n) is 4.75. The molecule has 0 aliphatic carbocycles. The van der Waals surface area contributed by atoms with Gasteiger partial charge in [-0.3, -0.25) is 25.1 Å². The van der Waals surface area contributed by atoms with E-state index in [0.717, 1.165) is 12.0 Å². The van der Waals surface area contributed by atoms with Crippen LogP contribution in [0.5, 0.6) is 5.75 Å². The second-order valence-electron chi connectivity index (χ2n) is 11.8. The predicted octanol–water partition coefficient (Wildman–Crippen LogP) is 4.63. The van der Waals surface area contributed by atoms with Gasteiger partial charge in [0, 0.05) is 25.1 Å². The van der Waals surface area contributed by atoms with Crippen molar-refractivity contribution in [2.45, 2.75) is 71.1 Å². The molecule has 0 bridgehead atoms. The summed E-state index contributed by atoms with van der Waals surface area (Å²) in [6.45, 7) is 4.22. The van der Waals surface area contributed by atoms with Gasteiger partial charge >= 0.3 is 12.2 Å². The average molecular weight is 691 g/mol. The van der Waals surface area contributed by atoms with Crippen LogP contribution in [0.15, 0.2) is 78.9 Å². The Morgan fingerprint density at radius 2 is 1.48 bits per heavy atom. The Morgan fingerprint density at radius 3 is 2.12 bits per heavy atom. The van der Waals surface area contributed by atoms with Crippen LogP contribution >= 0.6 is 0 Å². The maximum absolute atomic E-state index is 13.6. The van der Waals surface area contributed by atoms with Crippen molar-refractivity contribution < 1.29 is 38.7 Å². The first-order chi connectivity index (χ1) is 24.1. The summed E-state index contributed by atoms with van der Waals surface area (Å²) in [5.41, 5.74) is 9.46. The lowest BCUT2D eigenvalue weighted by molar-refractivity contribution is -0.131. The van der Waals surface area contributed by atoms with Crippen molar-refractivity contribution >= 4 is 41.3 Å². The average Bonchev–Trinajstić information content (AvgIpc) is 3.11. The van der Waals surface area contributed by atoms with Crippen LogP contribution in [0.25, 0.3) is 0 Å². The zero-order chi connectivity index (χ0) is 36.3. The third-order valence-electron chi connectivity index (χ3n) is 7.86. The molecule has 0 spiro atoms. The summed E-state index contributed by atoms with van der Waals surface area (Å²) in [5, 5.41) is 19.8. The third-order valence-corrected chi connectivity index (χ3v) is 7.86. The third kappa shape index (κ3) is 14.2. The van der Waals surface area contributed by atoms with E-state index in [1.165, 1.54) is 24.3 Å². The number of anilines is 2. The molecule has 3 aromatic carbocycles. The molecule has 5 amide bonds. The highest BCUT2D eigenvalue weighted by atomic mass is 16.7. The summed E-state index contributed by atoms with van der Waals surface area (Å²) in [7, 11) is 0. The number of nitrogens with two attached hydrogens (primary N) is 1. The molecular formula is C36H46N6O8. The molecule has 0 aliphatic rings. The van der Waals surface area contributed by atoms with E-state index in [-0.39, 0.29) is 44.1 Å². The van der Waals surface area contributed by atoms with Crippen LogP contribution < -0.4 is 37.2 Å². The van der Waals surface area contributed by atoms with Crippen LogP contribution in [0.4, 0.5) is 21.0 Å². The van der Waals surface area contributed by atoms with Crippen LogP contribution in [0.2, 0.25) is 0 Å². The molecule has 0 saturated heterocycles. The molecule has 268 valence electrons. The number of urea groups is 1. The molecule has 0 fully saturated rings. The first-order valence-corrected chi connectivity index (χ1v) is 16.5. The van der Waals surface area contributed by atoms with E-state index in [1.807, 2.05) is 35.8 Å². The number of carbonyl (C=O) groups is 5. The lowest BCUT2D eigenvalue weighted by Gasteiger charge is -2.24. The zero-order valence-electron chi connectivity index (χ0n) is 28.3. The first kappa shape index (κ1) is 38.8. The minimum absolute atomic E-state index is 0.0965. The number of amides is 5. The standard InChI is InChI=1S/C36H46N6O8/c1-3-24(2)11-20-32(43)40-31(22-25-8-5-4-6-9-25)34(45)41-30(10-7-21-38-35(37)46)33(44)39-27-14-12-26(13-15-27)23-49-36(47)50-29-18-16-28(42-48)17-19-29/h4-6,8-9,12-19,24,30-31,42,48H,3,7,10-11,20-23H2,1-2H3,(H,39,44)(H,40,43)(H,41,45)(H3,37,38,46). The van der Waals surface area contributed by atoms with Crippen LogP contribution in [-0.2, 0) is 32.1 Å². The Morgan fingerprint density at radius 1 is 0.800 bits per heavy atom. The van der Waals surface area contributed by atoms with Gasteiger partial charge in [0.05, 0.1) is 5.69 Å². The van der Waals surface area contributed by atoms with E-state index in [9.17, 15) is 24.0 Å². The fourth-order valence-corrected chi connectivity index (χ4v) is 4.75. The fraction of sp³-hybridized carbons (Fsp3) is 0.361. The molecule has 50 heavy (non-hydrogen) atoms. The Balaban J connectivity index is 1.64. The van der Waals surface area contributed by atoms with Gasteiger partial charge in [-0.25, -0.2) is 9.59 Å². The van der Waals surface area contributed by atoms with Crippen molar-refractivity contribution in [2.24, 2.45) is 11.7 Å². The Hall–Kier alpha value is -5.63. The number of hydrogen-bond acceptors (Lipinski definition) is 9. The second kappa shape index (κ2) is 20.7. The largest absolute Gasteiger partial charge is 0.514 e.